The van der Waals surface area contributed by atoms with E-state index >= 15 is 0 Å². The van der Waals surface area contributed by atoms with Crippen LogP contribution in [0.3, 0.4) is 0 Å². The Balaban J connectivity index is 1.98. The minimum atomic E-state index is -3.70. The maximum Gasteiger partial charge on any atom is 0.267 e. The fourth-order valence-corrected chi connectivity index (χ4v) is 2.97. The van der Waals surface area contributed by atoms with Crippen LogP contribution in [0.5, 0.6) is 0 Å². The first kappa shape index (κ1) is 17.5. The molecule has 1 amide bonds. The van der Waals surface area contributed by atoms with Crippen molar-refractivity contribution in [3.63, 3.8) is 0 Å². The van der Waals surface area contributed by atoms with Crippen molar-refractivity contribution < 1.29 is 22.3 Å². The number of nitrogens with zero attached hydrogens (tertiary/aromatic N) is 4. The number of amides is 1. The largest absolute Gasteiger partial charge is 0.378 e. The van der Waals surface area contributed by atoms with E-state index in [9.17, 15) is 17.6 Å². The summed E-state index contributed by atoms with van der Waals surface area (Å²) >= 11 is 0. The van der Waals surface area contributed by atoms with Crippen LogP contribution >= 0.6 is 0 Å². The van der Waals surface area contributed by atoms with E-state index in [-0.39, 0.29) is 23.8 Å². The van der Waals surface area contributed by atoms with Gasteiger partial charge >= 0.3 is 0 Å². The van der Waals surface area contributed by atoms with Crippen LogP contribution in [-0.2, 0) is 25.9 Å². The number of sulfone groups is 1. The molecule has 0 atom stereocenters. The molecule has 0 saturated carbocycles. The molecule has 0 spiro atoms. The number of morpholine rings is 1. The van der Waals surface area contributed by atoms with Crippen LogP contribution in [0.2, 0.25) is 0 Å². The first-order chi connectivity index (χ1) is 11.9. The van der Waals surface area contributed by atoms with Crippen LogP contribution in [-0.4, -0.2) is 66.5 Å². The summed E-state index contributed by atoms with van der Waals surface area (Å²) in [6, 6.07) is 5.80. The van der Waals surface area contributed by atoms with E-state index in [1.54, 1.807) is 11.0 Å². The van der Waals surface area contributed by atoms with Gasteiger partial charge in [-0.2, -0.15) is 4.98 Å². The molecule has 1 aromatic heterocycles. The smallest absolute Gasteiger partial charge is 0.267 e. The van der Waals surface area contributed by atoms with Crippen molar-refractivity contribution in [1.82, 2.24) is 19.7 Å². The van der Waals surface area contributed by atoms with Crippen LogP contribution in [0.15, 0.2) is 29.4 Å². The monoisotopic (exact) mass is 368 g/mol. The Kier molecular flexibility index (Phi) is 4.82. The number of halogens is 1. The molecule has 1 aromatic carbocycles. The summed E-state index contributed by atoms with van der Waals surface area (Å²) in [7, 11) is -3.70. The highest BCUT2D eigenvalue weighted by atomic mass is 32.2. The third-order valence-electron chi connectivity index (χ3n) is 3.75. The van der Waals surface area contributed by atoms with Crippen LogP contribution in [0.4, 0.5) is 4.39 Å². The molecule has 0 unspecified atom stereocenters. The summed E-state index contributed by atoms with van der Waals surface area (Å²) in [4.78, 5) is 18.0. The molecule has 2 heterocycles. The molecular weight excluding hydrogens is 351 g/mol. The molecular formula is C15H17FN4O4S. The van der Waals surface area contributed by atoms with Crippen molar-refractivity contribution in [2.24, 2.45) is 0 Å². The molecule has 0 N–H and O–H groups in total. The molecule has 8 nitrogen and oxygen atoms in total. The standard InChI is InChI=1S/C15H17FN4O4S/c1-25(22,23)15-17-14(11-4-2-3-5-12(11)16)20(18-15)10-13(21)19-6-8-24-9-7-19/h2-5H,6-10H2,1H3. The summed E-state index contributed by atoms with van der Waals surface area (Å²) in [5.74, 6) is -0.832. The number of carbonyl (C=O) groups is 1. The van der Waals surface area contributed by atoms with Gasteiger partial charge in [-0.1, -0.05) is 12.1 Å². The number of carbonyl (C=O) groups excluding carboxylic acids is 1. The van der Waals surface area contributed by atoms with Gasteiger partial charge in [0.1, 0.15) is 12.4 Å². The van der Waals surface area contributed by atoms with Crippen LogP contribution in [0, 0.1) is 5.82 Å². The van der Waals surface area contributed by atoms with Crippen LogP contribution in [0.1, 0.15) is 0 Å². The van der Waals surface area contributed by atoms with E-state index in [0.29, 0.717) is 26.3 Å². The third kappa shape index (κ3) is 3.85. The Hall–Kier alpha value is -2.33. The fourth-order valence-electron chi connectivity index (χ4n) is 2.47. The van der Waals surface area contributed by atoms with Gasteiger partial charge in [0.05, 0.1) is 18.8 Å². The Labute approximate surface area is 144 Å². The molecule has 0 aliphatic carbocycles. The average molecular weight is 368 g/mol. The molecule has 134 valence electrons. The second-order valence-electron chi connectivity index (χ2n) is 5.62. The van der Waals surface area contributed by atoms with Crippen molar-refractivity contribution >= 4 is 15.7 Å². The molecule has 1 aliphatic heterocycles. The van der Waals surface area contributed by atoms with Crippen molar-refractivity contribution in [2.75, 3.05) is 32.6 Å². The normalized spacial score (nSPS) is 15.4. The van der Waals surface area contributed by atoms with Crippen LogP contribution in [0.25, 0.3) is 11.4 Å². The lowest BCUT2D eigenvalue weighted by Gasteiger charge is -2.26. The highest BCUT2D eigenvalue weighted by molar-refractivity contribution is 7.90. The van der Waals surface area contributed by atoms with Crippen molar-refractivity contribution in [3.05, 3.63) is 30.1 Å². The maximum atomic E-state index is 14.1. The van der Waals surface area contributed by atoms with E-state index in [1.165, 1.54) is 18.2 Å². The average Bonchev–Trinajstić information content (AvgIpc) is 3.00. The Bertz CT molecular complexity index is 891. The zero-order chi connectivity index (χ0) is 18.0. The summed E-state index contributed by atoms with van der Waals surface area (Å²) in [5, 5.41) is 3.46. The minimum absolute atomic E-state index is 0.000124. The lowest BCUT2D eigenvalue weighted by atomic mass is 10.2. The molecule has 2 aromatic rings. The second-order valence-corrected chi connectivity index (χ2v) is 7.53. The zero-order valence-electron chi connectivity index (χ0n) is 13.6. The van der Waals surface area contributed by atoms with Gasteiger partial charge in [0.15, 0.2) is 5.82 Å². The quantitative estimate of drug-likeness (QED) is 0.773. The molecule has 25 heavy (non-hydrogen) atoms. The number of hydrogen-bond donors (Lipinski definition) is 0. The number of aromatic nitrogens is 3. The van der Waals surface area contributed by atoms with Crippen molar-refractivity contribution in [1.29, 1.82) is 0 Å². The predicted molar refractivity (Wildman–Crippen MR) is 85.9 cm³/mol. The molecule has 1 aliphatic rings. The summed E-state index contributed by atoms with van der Waals surface area (Å²) in [5.41, 5.74) is 0.0830. The summed E-state index contributed by atoms with van der Waals surface area (Å²) in [6.45, 7) is 1.55. The van der Waals surface area contributed by atoms with Gasteiger partial charge < -0.3 is 9.64 Å². The van der Waals surface area contributed by atoms with Gasteiger partial charge in [-0.05, 0) is 12.1 Å². The molecule has 3 rings (SSSR count). The van der Waals surface area contributed by atoms with E-state index in [0.717, 1.165) is 10.9 Å². The topological polar surface area (TPSA) is 94.4 Å². The molecule has 0 bridgehead atoms. The fraction of sp³-hybridized carbons (Fsp3) is 0.400. The summed E-state index contributed by atoms with van der Waals surface area (Å²) in [6.07, 6.45) is 0.960. The lowest BCUT2D eigenvalue weighted by Crippen LogP contribution is -2.42. The second kappa shape index (κ2) is 6.89. The van der Waals surface area contributed by atoms with Gasteiger partial charge in [0, 0.05) is 19.3 Å². The van der Waals surface area contributed by atoms with E-state index in [1.807, 2.05) is 0 Å². The van der Waals surface area contributed by atoms with Gasteiger partial charge in [-0.3, -0.25) is 4.79 Å². The van der Waals surface area contributed by atoms with Gasteiger partial charge in [0.2, 0.25) is 15.7 Å². The van der Waals surface area contributed by atoms with Crippen molar-refractivity contribution in [2.45, 2.75) is 11.7 Å². The Morgan fingerprint density at radius 1 is 1.28 bits per heavy atom. The zero-order valence-corrected chi connectivity index (χ0v) is 14.4. The van der Waals surface area contributed by atoms with Gasteiger partial charge in [-0.25, -0.2) is 17.5 Å². The first-order valence-corrected chi connectivity index (χ1v) is 9.51. The minimum Gasteiger partial charge on any atom is -0.378 e. The maximum absolute atomic E-state index is 14.1. The number of ether oxygens (including phenoxy) is 1. The molecule has 1 fully saturated rings. The van der Waals surface area contributed by atoms with E-state index in [2.05, 4.69) is 10.1 Å². The highest BCUT2D eigenvalue weighted by Gasteiger charge is 2.24. The highest BCUT2D eigenvalue weighted by Crippen LogP contribution is 2.22. The number of hydrogen-bond acceptors (Lipinski definition) is 6. The Morgan fingerprint density at radius 2 is 1.96 bits per heavy atom. The van der Waals surface area contributed by atoms with Gasteiger partial charge in [0.25, 0.3) is 5.16 Å². The molecule has 0 radical (unpaired) electrons. The van der Waals surface area contributed by atoms with E-state index in [4.69, 9.17) is 4.74 Å². The third-order valence-corrected chi connectivity index (χ3v) is 4.58. The number of benzene rings is 1. The van der Waals surface area contributed by atoms with Crippen molar-refractivity contribution in [3.8, 4) is 11.4 Å². The first-order valence-electron chi connectivity index (χ1n) is 7.61. The molecule has 1 saturated heterocycles. The Morgan fingerprint density at radius 3 is 2.60 bits per heavy atom. The van der Waals surface area contributed by atoms with E-state index < -0.39 is 20.8 Å². The predicted octanol–water partition coefficient (Wildman–Crippen LogP) is 0.346. The molecule has 10 heteroatoms. The van der Waals surface area contributed by atoms with Crippen LogP contribution < -0.4 is 0 Å². The number of rotatable bonds is 4. The van der Waals surface area contributed by atoms with Gasteiger partial charge in [-0.15, -0.1) is 5.10 Å². The SMILES string of the molecule is CS(=O)(=O)c1nc(-c2ccccc2F)n(CC(=O)N2CCOCC2)n1. The lowest BCUT2D eigenvalue weighted by molar-refractivity contribution is -0.136. The summed E-state index contributed by atoms with van der Waals surface area (Å²) < 4.78 is 44.0.